The molecule has 0 bridgehead atoms. The maximum absolute atomic E-state index is 6.72. The van der Waals surface area contributed by atoms with Gasteiger partial charge in [0.1, 0.15) is 11.2 Å². The number of furan rings is 1. The highest BCUT2D eigenvalue weighted by Crippen LogP contribution is 2.42. The lowest BCUT2D eigenvalue weighted by Gasteiger charge is -2.12. The molecule has 0 spiro atoms. The summed E-state index contributed by atoms with van der Waals surface area (Å²) in [5.74, 6) is 1.82. The molecule has 11 aromatic rings. The number of hydrogen-bond acceptors (Lipinski definition) is 4. The molecule has 9 aromatic carbocycles. The van der Waals surface area contributed by atoms with Gasteiger partial charge in [0.25, 0.3) is 0 Å². The molecular formula is C51H31N3O. The van der Waals surface area contributed by atoms with Gasteiger partial charge in [0, 0.05) is 33.0 Å². The molecule has 0 atom stereocenters. The summed E-state index contributed by atoms with van der Waals surface area (Å²) in [7, 11) is 0. The van der Waals surface area contributed by atoms with Gasteiger partial charge in [-0.3, -0.25) is 0 Å². The van der Waals surface area contributed by atoms with Crippen LogP contribution in [0, 0.1) is 0 Å². The van der Waals surface area contributed by atoms with E-state index in [-0.39, 0.29) is 0 Å². The largest absolute Gasteiger partial charge is 0.455 e. The molecule has 0 N–H and O–H groups in total. The van der Waals surface area contributed by atoms with E-state index in [9.17, 15) is 0 Å². The summed E-state index contributed by atoms with van der Waals surface area (Å²) in [6, 6.07) is 65.7. The molecule has 0 saturated carbocycles. The van der Waals surface area contributed by atoms with Gasteiger partial charge in [-0.15, -0.1) is 0 Å². The van der Waals surface area contributed by atoms with Crippen LogP contribution in [0.2, 0.25) is 0 Å². The maximum atomic E-state index is 6.72. The fraction of sp³-hybridized carbons (Fsp3) is 0. The molecule has 4 nitrogen and oxygen atoms in total. The number of aromatic nitrogens is 3. The minimum Gasteiger partial charge on any atom is -0.455 e. The average Bonchev–Trinajstić information content (AvgIpc) is 3.66. The summed E-state index contributed by atoms with van der Waals surface area (Å²) in [5, 5.41) is 9.29. The van der Waals surface area contributed by atoms with E-state index in [0.29, 0.717) is 17.5 Å². The molecule has 2 aromatic heterocycles. The SMILES string of the molecule is c1ccc(-c2cccc(-c3ccc(-c4nc(-c5ccccc5)nc(-c5ccc6c(ccc7ccc8ccccc8c76)c5)n4)c4c3oc3ccccc34)c2)cc1. The Morgan fingerprint density at radius 1 is 0.309 bits per heavy atom. The van der Waals surface area contributed by atoms with Crippen LogP contribution in [0.4, 0.5) is 0 Å². The van der Waals surface area contributed by atoms with Crippen LogP contribution in [-0.2, 0) is 0 Å². The molecule has 0 aliphatic heterocycles. The van der Waals surface area contributed by atoms with Crippen LogP contribution in [-0.4, -0.2) is 15.0 Å². The molecule has 0 aliphatic rings. The summed E-state index contributed by atoms with van der Waals surface area (Å²) in [6.45, 7) is 0. The fourth-order valence-corrected chi connectivity index (χ4v) is 8.06. The van der Waals surface area contributed by atoms with Gasteiger partial charge < -0.3 is 4.42 Å². The topological polar surface area (TPSA) is 51.8 Å². The summed E-state index contributed by atoms with van der Waals surface area (Å²) < 4.78 is 6.72. The van der Waals surface area contributed by atoms with Gasteiger partial charge in [-0.1, -0.05) is 158 Å². The molecule has 0 unspecified atom stereocenters. The third-order valence-corrected chi connectivity index (χ3v) is 10.7. The highest BCUT2D eigenvalue weighted by molar-refractivity contribution is 6.20. The van der Waals surface area contributed by atoms with Gasteiger partial charge in [0.15, 0.2) is 17.5 Å². The van der Waals surface area contributed by atoms with E-state index < -0.39 is 0 Å². The van der Waals surface area contributed by atoms with E-state index in [2.05, 4.69) is 140 Å². The first-order valence-electron chi connectivity index (χ1n) is 18.5. The standard InChI is InChI=1S/C51H31N3O/c1-3-12-32(13-4-1)36-17-11-18-37(30-36)42-28-29-44(47-43-20-9-10-21-45(43)55-48(42)47)51-53-49(35-15-5-2-6-16-35)52-50(54-51)39-26-27-41-38(31-39)25-24-34-23-22-33-14-7-8-19-40(33)46(34)41/h1-31H. The predicted molar refractivity (Wildman–Crippen MR) is 227 cm³/mol. The van der Waals surface area contributed by atoms with Gasteiger partial charge in [-0.25, -0.2) is 15.0 Å². The van der Waals surface area contributed by atoms with E-state index in [0.717, 1.165) is 60.7 Å². The van der Waals surface area contributed by atoms with Crippen molar-refractivity contribution in [1.29, 1.82) is 0 Å². The zero-order valence-electron chi connectivity index (χ0n) is 29.6. The Morgan fingerprint density at radius 2 is 0.909 bits per heavy atom. The van der Waals surface area contributed by atoms with Crippen molar-refractivity contribution < 1.29 is 4.42 Å². The third kappa shape index (κ3) is 5.26. The van der Waals surface area contributed by atoms with Crippen LogP contribution in [0.15, 0.2) is 192 Å². The van der Waals surface area contributed by atoms with Gasteiger partial charge in [0.2, 0.25) is 0 Å². The molecule has 0 amide bonds. The minimum absolute atomic E-state index is 0.592. The Kier molecular flexibility index (Phi) is 7.14. The van der Waals surface area contributed by atoms with Crippen LogP contribution in [0.25, 0.3) is 111 Å². The van der Waals surface area contributed by atoms with Crippen molar-refractivity contribution in [3.8, 4) is 56.4 Å². The first kappa shape index (κ1) is 31.1. The van der Waals surface area contributed by atoms with E-state index >= 15 is 0 Å². The van der Waals surface area contributed by atoms with Crippen molar-refractivity contribution in [2.75, 3.05) is 0 Å². The van der Waals surface area contributed by atoms with E-state index in [1.165, 1.54) is 32.5 Å². The van der Waals surface area contributed by atoms with Crippen LogP contribution >= 0.6 is 0 Å². The van der Waals surface area contributed by atoms with Crippen molar-refractivity contribution in [3.63, 3.8) is 0 Å². The molecule has 4 heteroatoms. The molecule has 0 aliphatic carbocycles. The lowest BCUT2D eigenvalue weighted by Crippen LogP contribution is -2.00. The zero-order valence-corrected chi connectivity index (χ0v) is 29.6. The molecule has 0 fully saturated rings. The number of benzene rings is 9. The Bertz CT molecular complexity index is 3260. The third-order valence-electron chi connectivity index (χ3n) is 10.7. The Morgan fingerprint density at radius 3 is 1.75 bits per heavy atom. The fourth-order valence-electron chi connectivity index (χ4n) is 8.06. The van der Waals surface area contributed by atoms with Crippen molar-refractivity contribution >= 4 is 54.3 Å². The smallest absolute Gasteiger partial charge is 0.164 e. The summed E-state index contributed by atoms with van der Waals surface area (Å²) in [4.78, 5) is 15.5. The molecule has 0 saturated heterocycles. The second kappa shape index (κ2) is 12.6. The molecule has 0 radical (unpaired) electrons. The lowest BCUT2D eigenvalue weighted by molar-refractivity contribution is 0.670. The van der Waals surface area contributed by atoms with Crippen molar-refractivity contribution in [2.45, 2.75) is 0 Å². The zero-order chi connectivity index (χ0) is 36.3. The lowest BCUT2D eigenvalue weighted by atomic mass is 9.95. The van der Waals surface area contributed by atoms with Gasteiger partial charge in [-0.05, 0) is 79.3 Å². The number of hydrogen-bond donors (Lipinski definition) is 0. The quantitative estimate of drug-likeness (QED) is 0.168. The highest BCUT2D eigenvalue weighted by atomic mass is 16.3. The first-order valence-corrected chi connectivity index (χ1v) is 18.5. The maximum Gasteiger partial charge on any atom is 0.164 e. The highest BCUT2D eigenvalue weighted by Gasteiger charge is 2.21. The molecule has 256 valence electrons. The van der Waals surface area contributed by atoms with Crippen LogP contribution < -0.4 is 0 Å². The Labute approximate surface area is 317 Å². The van der Waals surface area contributed by atoms with Gasteiger partial charge in [-0.2, -0.15) is 0 Å². The molecule has 11 rings (SSSR count). The van der Waals surface area contributed by atoms with Crippen LogP contribution in [0.5, 0.6) is 0 Å². The number of nitrogens with zero attached hydrogens (tertiary/aromatic N) is 3. The average molecular weight is 702 g/mol. The van der Waals surface area contributed by atoms with E-state index in [1.54, 1.807) is 0 Å². The van der Waals surface area contributed by atoms with Gasteiger partial charge in [0.05, 0.1) is 0 Å². The van der Waals surface area contributed by atoms with Crippen molar-refractivity contribution in [1.82, 2.24) is 15.0 Å². The van der Waals surface area contributed by atoms with Crippen LogP contribution in [0.1, 0.15) is 0 Å². The molecular weight excluding hydrogens is 671 g/mol. The monoisotopic (exact) mass is 701 g/mol. The predicted octanol–water partition coefficient (Wildman–Crippen LogP) is 13.6. The number of rotatable bonds is 5. The first-order chi connectivity index (χ1) is 27.2. The molecule has 55 heavy (non-hydrogen) atoms. The second-order valence-corrected chi connectivity index (χ2v) is 14.0. The summed E-state index contributed by atoms with van der Waals surface area (Å²) in [5.41, 5.74) is 8.77. The number of para-hydroxylation sites is 1. The van der Waals surface area contributed by atoms with Gasteiger partial charge >= 0.3 is 0 Å². The van der Waals surface area contributed by atoms with E-state index in [1.807, 2.05) is 48.5 Å². The van der Waals surface area contributed by atoms with Crippen molar-refractivity contribution in [2.24, 2.45) is 0 Å². The second-order valence-electron chi connectivity index (χ2n) is 14.0. The Balaban J connectivity index is 1.12. The summed E-state index contributed by atoms with van der Waals surface area (Å²) in [6.07, 6.45) is 0. The molecule has 2 heterocycles. The van der Waals surface area contributed by atoms with E-state index in [4.69, 9.17) is 19.4 Å². The van der Waals surface area contributed by atoms with Crippen molar-refractivity contribution in [3.05, 3.63) is 188 Å². The normalized spacial score (nSPS) is 11.6. The Hall–Kier alpha value is -7.43. The summed E-state index contributed by atoms with van der Waals surface area (Å²) >= 11 is 0. The number of fused-ring (bicyclic) bond motifs is 8. The minimum atomic E-state index is 0.592. The van der Waals surface area contributed by atoms with Crippen LogP contribution in [0.3, 0.4) is 0 Å².